The molecule has 48 heavy (non-hydrogen) atoms. The number of alkyl halides is 1. The highest BCUT2D eigenvalue weighted by Gasteiger charge is 2.36. The van der Waals surface area contributed by atoms with Crippen molar-refractivity contribution in [2.45, 2.75) is 77.1 Å². The van der Waals surface area contributed by atoms with Crippen LogP contribution in [-0.4, -0.2) is 109 Å². The van der Waals surface area contributed by atoms with Crippen molar-refractivity contribution in [2.75, 3.05) is 55.5 Å². The molecule has 1 saturated heterocycles. The number of halogens is 1. The van der Waals surface area contributed by atoms with Gasteiger partial charge in [-0.1, -0.05) is 19.3 Å². The van der Waals surface area contributed by atoms with Crippen molar-refractivity contribution in [3.8, 4) is 0 Å². The molecule has 2 aromatic heterocycles. The lowest BCUT2D eigenvalue weighted by Crippen LogP contribution is -2.42. The van der Waals surface area contributed by atoms with Gasteiger partial charge in [0.25, 0.3) is 0 Å². The van der Waals surface area contributed by atoms with Gasteiger partial charge in [-0.15, -0.1) is 0 Å². The van der Waals surface area contributed by atoms with Gasteiger partial charge in [0.05, 0.1) is 38.0 Å². The second kappa shape index (κ2) is 17.3. The second-order valence-corrected chi connectivity index (χ2v) is 15.0. The third-order valence-electron chi connectivity index (χ3n) is 7.22. The Labute approximate surface area is 281 Å². The first-order valence-corrected chi connectivity index (χ1v) is 17.9. The summed E-state index contributed by atoms with van der Waals surface area (Å²) in [6.45, 7) is 6.60. The van der Waals surface area contributed by atoms with Crippen molar-refractivity contribution in [1.29, 1.82) is 0 Å². The molecule has 1 unspecified atom stereocenters. The zero-order chi connectivity index (χ0) is 35.5. The lowest BCUT2D eigenvalue weighted by atomic mass is 10.1. The minimum atomic E-state index is -3.33. The van der Waals surface area contributed by atoms with E-state index in [1.807, 2.05) is 20.8 Å². The number of hydrogen-bond donors (Lipinski definition) is 4. The molecule has 3 heterocycles. The van der Waals surface area contributed by atoms with Gasteiger partial charge in [0, 0.05) is 39.4 Å². The minimum Gasteiger partial charge on any atom is -0.481 e. The maximum Gasteiger partial charge on any atom is 0.407 e. The van der Waals surface area contributed by atoms with E-state index in [-0.39, 0.29) is 37.1 Å². The van der Waals surface area contributed by atoms with E-state index in [9.17, 15) is 22.4 Å². The first kappa shape index (κ1) is 38.2. The molecule has 2 amide bonds. The molecule has 268 valence electrons. The highest BCUT2D eigenvalue weighted by molar-refractivity contribution is 7.90. The molecular weight excluding hydrogens is 647 g/mol. The Balaban J connectivity index is 1.59. The molecule has 0 aliphatic carbocycles. The van der Waals surface area contributed by atoms with Crippen molar-refractivity contribution in [2.24, 2.45) is 17.8 Å². The van der Waals surface area contributed by atoms with Crippen LogP contribution in [0.25, 0.3) is 11.2 Å². The van der Waals surface area contributed by atoms with Crippen LogP contribution < -0.4 is 26.6 Å². The molecule has 3 rings (SSSR count). The number of aromatic nitrogens is 4. The van der Waals surface area contributed by atoms with E-state index in [0.717, 1.165) is 38.4 Å². The first-order valence-electron chi connectivity index (χ1n) is 15.9. The van der Waals surface area contributed by atoms with Crippen molar-refractivity contribution < 1.29 is 31.9 Å². The van der Waals surface area contributed by atoms with E-state index in [2.05, 4.69) is 35.9 Å². The number of amides is 2. The van der Waals surface area contributed by atoms with E-state index in [1.54, 1.807) is 29.1 Å². The monoisotopic (exact) mass is 696 g/mol. The number of allylic oxidation sites excluding steroid dienone is 1. The van der Waals surface area contributed by atoms with Gasteiger partial charge in [0.1, 0.15) is 27.3 Å². The van der Waals surface area contributed by atoms with Gasteiger partial charge in [0.2, 0.25) is 17.7 Å². The lowest BCUT2D eigenvalue weighted by molar-refractivity contribution is -0.121. The van der Waals surface area contributed by atoms with Crippen molar-refractivity contribution >= 4 is 51.0 Å². The molecule has 0 bridgehead atoms. The molecule has 16 nitrogen and oxygen atoms in total. The number of carbonyl (C=O) groups excluding carboxylic acids is 2. The fourth-order valence-corrected chi connectivity index (χ4v) is 5.31. The number of unbranched alkanes of at least 4 members (excludes halogenated alkanes) is 4. The minimum absolute atomic E-state index is 0.0716. The summed E-state index contributed by atoms with van der Waals surface area (Å²) in [7, 11) is -0.132. The van der Waals surface area contributed by atoms with Crippen molar-refractivity contribution in [1.82, 2.24) is 30.2 Å². The number of methoxy groups -OCH3 is 1. The number of carbonyl (C=O) groups is 2. The summed E-state index contributed by atoms with van der Waals surface area (Å²) >= 11 is 0. The third-order valence-corrected chi connectivity index (χ3v) is 8.16. The van der Waals surface area contributed by atoms with Gasteiger partial charge in [0.15, 0.2) is 17.0 Å². The first-order chi connectivity index (χ1) is 22.6. The highest BCUT2D eigenvalue weighted by Crippen LogP contribution is 2.26. The number of aryl methyl sites for hydroxylation is 1. The molecule has 1 fully saturated rings. The molecular formula is C30H49FN10O6S. The maximum atomic E-state index is 15.0. The topological polar surface area (TPSA) is 208 Å². The smallest absolute Gasteiger partial charge is 0.407 e. The number of alkyl carbamates (subject to hydrolysis) is 1. The van der Waals surface area contributed by atoms with Crippen molar-refractivity contribution in [3.05, 3.63) is 17.9 Å². The Hall–Kier alpha value is -4.22. The van der Waals surface area contributed by atoms with E-state index in [0.29, 0.717) is 35.8 Å². The van der Waals surface area contributed by atoms with Crippen LogP contribution >= 0.6 is 0 Å². The summed E-state index contributed by atoms with van der Waals surface area (Å²) in [5.41, 5.74) is 6.89. The quantitative estimate of drug-likeness (QED) is 0.107. The maximum absolute atomic E-state index is 15.0. The predicted molar refractivity (Wildman–Crippen MR) is 182 cm³/mol. The lowest BCUT2D eigenvalue weighted by Gasteiger charge is -2.19. The van der Waals surface area contributed by atoms with Crippen LogP contribution in [0.4, 0.5) is 21.0 Å². The van der Waals surface area contributed by atoms with Crippen molar-refractivity contribution in [3.63, 3.8) is 0 Å². The zero-order valence-corrected chi connectivity index (χ0v) is 29.4. The Morgan fingerprint density at radius 1 is 1.17 bits per heavy atom. The third kappa shape index (κ3) is 12.4. The largest absolute Gasteiger partial charge is 0.481 e. The molecule has 1 aliphatic rings. The number of fused-ring (bicyclic) bond motifs is 1. The second-order valence-electron chi connectivity index (χ2n) is 12.7. The highest BCUT2D eigenvalue weighted by atomic mass is 32.2. The number of nitrogens with two attached hydrogens (primary N) is 1. The van der Waals surface area contributed by atoms with Crippen LogP contribution in [0, 0.1) is 0 Å². The average Bonchev–Trinajstić information content (AvgIpc) is 3.56. The zero-order valence-electron chi connectivity index (χ0n) is 28.6. The van der Waals surface area contributed by atoms with Crippen LogP contribution in [0.15, 0.2) is 22.9 Å². The molecule has 0 aromatic carbocycles. The summed E-state index contributed by atoms with van der Waals surface area (Å²) < 4.78 is 50.0. The Morgan fingerprint density at radius 2 is 1.88 bits per heavy atom. The molecule has 1 aliphatic heterocycles. The summed E-state index contributed by atoms with van der Waals surface area (Å²) in [6, 6.07) is -0.861. The average molecular weight is 697 g/mol. The number of imidazole rings is 1. The number of rotatable bonds is 17. The van der Waals surface area contributed by atoms with Crippen LogP contribution in [0.3, 0.4) is 0 Å². The predicted octanol–water partition coefficient (Wildman–Crippen LogP) is 2.17. The molecule has 2 atom stereocenters. The van der Waals surface area contributed by atoms with Crippen LogP contribution in [-0.2, 0) is 31.2 Å². The van der Waals surface area contributed by atoms with Gasteiger partial charge in [-0.25, -0.2) is 22.6 Å². The van der Waals surface area contributed by atoms with Gasteiger partial charge in [-0.2, -0.15) is 9.97 Å². The summed E-state index contributed by atoms with van der Waals surface area (Å²) in [5, 5.41) is 8.50. The fourth-order valence-electron chi connectivity index (χ4n) is 4.76. The molecule has 2 aromatic rings. The number of ether oxygens (including phenoxy) is 2. The van der Waals surface area contributed by atoms with Gasteiger partial charge in [-0.05, 0) is 33.6 Å². The number of hydrogen-bond acceptors (Lipinski definition) is 13. The van der Waals surface area contributed by atoms with E-state index < -0.39 is 39.7 Å². The van der Waals surface area contributed by atoms with Gasteiger partial charge < -0.3 is 40.6 Å². The summed E-state index contributed by atoms with van der Waals surface area (Å²) in [6.07, 6.45) is 6.74. The number of nitrogens with one attached hydrogen (secondary N) is 3. The molecule has 0 saturated carbocycles. The van der Waals surface area contributed by atoms with E-state index in [4.69, 9.17) is 15.2 Å². The van der Waals surface area contributed by atoms with Crippen LogP contribution in [0.1, 0.15) is 59.3 Å². The normalized spacial score (nSPS) is 17.4. The molecule has 0 radical (unpaired) electrons. The van der Waals surface area contributed by atoms with Gasteiger partial charge >= 0.3 is 6.09 Å². The molecule has 18 heteroatoms. The fraction of sp³-hybridized carbons (Fsp3) is 0.667. The Bertz CT molecular complexity index is 1570. The number of anilines is 2. The molecule has 5 N–H and O–H groups in total. The number of nitrogens with zero attached hydrogens (tertiary/aromatic N) is 6. The number of aliphatic imine (C=N–C) groups is 1. The van der Waals surface area contributed by atoms with Crippen LogP contribution in [0.5, 0.6) is 0 Å². The van der Waals surface area contributed by atoms with E-state index in [1.165, 1.54) is 7.11 Å². The SMILES string of the molecule is COC(N)=C(C=NCCCCCCCNC(=O)OC(C)(C)C)Nc1nc(N2CC(NC(=O)CCS(C)(=O)=O)[C@H](F)C2)nc2c1ncn2C. The number of sulfone groups is 1. The summed E-state index contributed by atoms with van der Waals surface area (Å²) in [5.74, 6) is -0.285. The van der Waals surface area contributed by atoms with E-state index >= 15 is 0 Å². The standard InChI is InChI=1S/C30H49FN10O6S/c1-30(2,3)47-29(43)34-14-11-9-7-8-10-13-33-16-21(25(32)46-5)37-26-24-27(40(4)19-35-24)39-28(38-26)41-17-20(31)22(18-41)36-23(42)12-15-48(6,44)45/h16,19-20,22H,7-15,17-18,32H2,1-6H3,(H,34,43)(H,36,42)(H,37,38,39)/t20-,22?/m1/s1. The van der Waals surface area contributed by atoms with Gasteiger partial charge in [-0.3, -0.25) is 9.79 Å². The Morgan fingerprint density at radius 3 is 2.56 bits per heavy atom. The Kier molecular flexibility index (Phi) is 13.7. The summed E-state index contributed by atoms with van der Waals surface area (Å²) in [4.78, 5) is 43.7. The van der Waals surface area contributed by atoms with Crippen LogP contribution in [0.2, 0.25) is 0 Å². The molecule has 0 spiro atoms.